The maximum atomic E-state index is 12.4. The molecule has 0 bridgehead atoms. The van der Waals surface area contributed by atoms with Gasteiger partial charge in [0.2, 0.25) is 5.91 Å². The van der Waals surface area contributed by atoms with Crippen molar-refractivity contribution in [1.29, 1.82) is 0 Å². The number of anilines is 1. The molecule has 2 nitrogen and oxygen atoms in total. The van der Waals surface area contributed by atoms with E-state index in [1.54, 1.807) is 0 Å². The van der Waals surface area contributed by atoms with Crippen LogP contribution in [-0.2, 0) is 17.8 Å². The number of nitrogens with zero attached hydrogens (tertiary/aromatic N) is 1. The molecule has 2 aromatic rings. The van der Waals surface area contributed by atoms with Crippen LogP contribution in [0.15, 0.2) is 53.0 Å². The molecule has 0 atom stereocenters. The van der Waals surface area contributed by atoms with Crippen molar-refractivity contribution in [3.63, 3.8) is 0 Å². The zero-order valence-electron chi connectivity index (χ0n) is 11.2. The maximum absolute atomic E-state index is 12.4. The smallest absolute Gasteiger partial charge is 0.227 e. The maximum Gasteiger partial charge on any atom is 0.227 e. The van der Waals surface area contributed by atoms with E-state index in [0.29, 0.717) is 13.0 Å². The molecule has 20 heavy (non-hydrogen) atoms. The zero-order chi connectivity index (χ0) is 13.9. The molecule has 1 aliphatic heterocycles. The number of hydrogen-bond donors (Lipinski definition) is 0. The zero-order valence-corrected chi connectivity index (χ0v) is 12.8. The van der Waals surface area contributed by atoms with Crippen molar-refractivity contribution in [2.24, 2.45) is 0 Å². The summed E-state index contributed by atoms with van der Waals surface area (Å²) in [5.74, 6) is 0.214. The Morgan fingerprint density at radius 2 is 1.75 bits per heavy atom. The molecule has 3 rings (SSSR count). The Hall–Kier alpha value is -1.61. The third kappa shape index (κ3) is 2.63. The van der Waals surface area contributed by atoms with Gasteiger partial charge in [0.15, 0.2) is 0 Å². The Bertz CT molecular complexity index is 638. The summed E-state index contributed by atoms with van der Waals surface area (Å²) in [6.45, 7) is 0.622. The van der Waals surface area contributed by atoms with Gasteiger partial charge in [0.25, 0.3) is 0 Å². The van der Waals surface area contributed by atoms with Gasteiger partial charge in [-0.3, -0.25) is 4.79 Å². The highest BCUT2D eigenvalue weighted by Gasteiger charge is 2.22. The van der Waals surface area contributed by atoms with Crippen LogP contribution in [0.2, 0.25) is 0 Å². The molecule has 0 aromatic heterocycles. The van der Waals surface area contributed by atoms with Gasteiger partial charge in [0, 0.05) is 16.6 Å². The van der Waals surface area contributed by atoms with Crippen LogP contribution in [0.3, 0.4) is 0 Å². The Labute approximate surface area is 127 Å². The molecular formula is C17H16BrNO. The number of halogens is 1. The highest BCUT2D eigenvalue weighted by Crippen LogP contribution is 2.29. The number of carbonyl (C=O) groups is 1. The predicted molar refractivity (Wildman–Crippen MR) is 84.7 cm³/mol. The van der Waals surface area contributed by atoms with Gasteiger partial charge in [0.05, 0.1) is 6.54 Å². The molecule has 0 radical (unpaired) electrons. The molecule has 0 N–H and O–H groups in total. The van der Waals surface area contributed by atoms with E-state index in [1.165, 1.54) is 5.56 Å². The van der Waals surface area contributed by atoms with Gasteiger partial charge >= 0.3 is 0 Å². The van der Waals surface area contributed by atoms with Gasteiger partial charge in [0.1, 0.15) is 0 Å². The van der Waals surface area contributed by atoms with Gasteiger partial charge in [-0.15, -0.1) is 0 Å². The normalized spacial score (nSPS) is 14.8. The topological polar surface area (TPSA) is 20.3 Å². The van der Waals surface area contributed by atoms with Crippen LogP contribution in [0.4, 0.5) is 5.69 Å². The van der Waals surface area contributed by atoms with E-state index in [4.69, 9.17) is 0 Å². The number of rotatable bonds is 2. The summed E-state index contributed by atoms with van der Waals surface area (Å²) in [5, 5.41) is 0. The average Bonchev–Trinajstić information content (AvgIpc) is 2.61. The number of aryl methyl sites for hydroxylation is 1. The van der Waals surface area contributed by atoms with E-state index < -0.39 is 0 Å². The minimum absolute atomic E-state index is 0.214. The molecule has 0 aliphatic carbocycles. The van der Waals surface area contributed by atoms with Gasteiger partial charge < -0.3 is 4.90 Å². The standard InChI is InChI=1S/C17H16BrNO/c18-15-9-3-1-7-14(15)12-19-16-10-4-2-6-13(16)8-5-11-17(19)20/h1-4,6-7,9-10H,5,8,11-12H2. The number of carbonyl (C=O) groups excluding carboxylic acids is 1. The number of benzene rings is 2. The molecule has 0 saturated heterocycles. The first-order chi connectivity index (χ1) is 9.75. The van der Waals surface area contributed by atoms with E-state index in [0.717, 1.165) is 28.6 Å². The number of para-hydroxylation sites is 1. The summed E-state index contributed by atoms with van der Waals surface area (Å²) in [6.07, 6.45) is 2.54. The van der Waals surface area contributed by atoms with Crippen molar-refractivity contribution in [1.82, 2.24) is 0 Å². The molecule has 1 amide bonds. The molecule has 3 heteroatoms. The molecular weight excluding hydrogens is 314 g/mol. The summed E-state index contributed by atoms with van der Waals surface area (Å²) in [4.78, 5) is 14.3. The van der Waals surface area contributed by atoms with Gasteiger partial charge in [-0.05, 0) is 36.1 Å². The lowest BCUT2D eigenvalue weighted by molar-refractivity contribution is -0.118. The molecule has 1 aliphatic rings. The third-order valence-electron chi connectivity index (χ3n) is 3.71. The second kappa shape index (κ2) is 5.80. The predicted octanol–water partition coefficient (Wildman–Crippen LogP) is 4.32. The van der Waals surface area contributed by atoms with Crippen LogP contribution in [0.25, 0.3) is 0 Å². The van der Waals surface area contributed by atoms with E-state index >= 15 is 0 Å². The van der Waals surface area contributed by atoms with Crippen LogP contribution >= 0.6 is 15.9 Å². The first-order valence-corrected chi connectivity index (χ1v) is 7.66. The minimum Gasteiger partial charge on any atom is -0.308 e. The second-order valence-corrected chi connectivity index (χ2v) is 5.91. The Balaban J connectivity index is 1.98. The Morgan fingerprint density at radius 1 is 1.00 bits per heavy atom. The van der Waals surface area contributed by atoms with E-state index in [-0.39, 0.29) is 5.91 Å². The van der Waals surface area contributed by atoms with Crippen LogP contribution in [-0.4, -0.2) is 5.91 Å². The second-order valence-electron chi connectivity index (χ2n) is 5.05. The van der Waals surface area contributed by atoms with E-state index in [2.05, 4.69) is 34.1 Å². The molecule has 0 spiro atoms. The van der Waals surface area contributed by atoms with Gasteiger partial charge in [-0.1, -0.05) is 52.3 Å². The fourth-order valence-corrected chi connectivity index (χ4v) is 3.07. The molecule has 102 valence electrons. The van der Waals surface area contributed by atoms with Crippen LogP contribution in [0, 0.1) is 0 Å². The van der Waals surface area contributed by atoms with Crippen LogP contribution in [0.1, 0.15) is 24.0 Å². The Morgan fingerprint density at radius 3 is 2.60 bits per heavy atom. The van der Waals surface area contributed by atoms with Gasteiger partial charge in [-0.2, -0.15) is 0 Å². The summed E-state index contributed by atoms with van der Waals surface area (Å²) < 4.78 is 1.05. The molecule has 0 saturated carbocycles. The van der Waals surface area contributed by atoms with E-state index in [1.807, 2.05) is 35.2 Å². The number of hydrogen-bond acceptors (Lipinski definition) is 1. The van der Waals surface area contributed by atoms with Crippen molar-refractivity contribution in [2.75, 3.05) is 4.90 Å². The quantitative estimate of drug-likeness (QED) is 0.803. The van der Waals surface area contributed by atoms with Crippen molar-refractivity contribution in [3.8, 4) is 0 Å². The summed E-state index contributed by atoms with van der Waals surface area (Å²) in [5.41, 5.74) is 3.47. The third-order valence-corrected chi connectivity index (χ3v) is 4.48. The largest absolute Gasteiger partial charge is 0.308 e. The fraction of sp³-hybridized carbons (Fsp3) is 0.235. The fourth-order valence-electron chi connectivity index (χ4n) is 2.66. The Kier molecular flexibility index (Phi) is 3.88. The van der Waals surface area contributed by atoms with Crippen molar-refractivity contribution in [3.05, 3.63) is 64.1 Å². The first kappa shape index (κ1) is 13.4. The van der Waals surface area contributed by atoms with Gasteiger partial charge in [-0.25, -0.2) is 0 Å². The minimum atomic E-state index is 0.214. The summed E-state index contributed by atoms with van der Waals surface area (Å²) in [6, 6.07) is 16.3. The van der Waals surface area contributed by atoms with Crippen molar-refractivity contribution in [2.45, 2.75) is 25.8 Å². The average molecular weight is 330 g/mol. The van der Waals surface area contributed by atoms with Crippen LogP contribution in [0.5, 0.6) is 0 Å². The van der Waals surface area contributed by atoms with Crippen molar-refractivity contribution >= 4 is 27.5 Å². The molecule has 2 aromatic carbocycles. The monoisotopic (exact) mass is 329 g/mol. The summed E-state index contributed by atoms with van der Waals surface area (Å²) in [7, 11) is 0. The molecule has 1 heterocycles. The molecule has 0 fully saturated rings. The highest BCUT2D eigenvalue weighted by molar-refractivity contribution is 9.10. The van der Waals surface area contributed by atoms with Crippen LogP contribution < -0.4 is 4.90 Å². The first-order valence-electron chi connectivity index (χ1n) is 6.87. The van der Waals surface area contributed by atoms with Crippen molar-refractivity contribution < 1.29 is 4.79 Å². The summed E-state index contributed by atoms with van der Waals surface area (Å²) >= 11 is 3.56. The lowest BCUT2D eigenvalue weighted by Crippen LogP contribution is -2.29. The molecule has 0 unspecified atom stereocenters. The SMILES string of the molecule is O=C1CCCc2ccccc2N1Cc1ccccc1Br. The van der Waals surface area contributed by atoms with E-state index in [9.17, 15) is 4.79 Å². The lowest BCUT2D eigenvalue weighted by atomic mass is 10.1. The number of amides is 1. The number of fused-ring (bicyclic) bond motifs is 1. The lowest BCUT2D eigenvalue weighted by Gasteiger charge is -2.23. The highest BCUT2D eigenvalue weighted by atomic mass is 79.9.